The van der Waals surface area contributed by atoms with E-state index in [1.165, 1.54) is 0 Å². The molecule has 1 aromatic heterocycles. The van der Waals surface area contributed by atoms with Crippen LogP contribution >= 0.6 is 0 Å². The Kier molecular flexibility index (Phi) is 5.76. The summed E-state index contributed by atoms with van der Waals surface area (Å²) in [5, 5.41) is 7.99. The lowest BCUT2D eigenvalue weighted by molar-refractivity contribution is -0.130. The van der Waals surface area contributed by atoms with E-state index >= 15 is 0 Å². The van der Waals surface area contributed by atoms with Gasteiger partial charge >= 0.3 is 0 Å². The van der Waals surface area contributed by atoms with Crippen LogP contribution in [0.4, 0.5) is 0 Å². The van der Waals surface area contributed by atoms with Gasteiger partial charge in [-0.25, -0.2) is 0 Å². The molecule has 6 nitrogen and oxygen atoms in total. The zero-order chi connectivity index (χ0) is 15.2. The molecule has 0 atom stereocenters. The van der Waals surface area contributed by atoms with Crippen LogP contribution in [-0.4, -0.2) is 71.8 Å². The fourth-order valence-corrected chi connectivity index (χ4v) is 2.63. The highest BCUT2D eigenvalue weighted by molar-refractivity contribution is 5.77. The second-order valence-electron chi connectivity index (χ2n) is 6.02. The van der Waals surface area contributed by atoms with Crippen LogP contribution in [0.25, 0.3) is 0 Å². The normalized spacial score (nSPS) is 17.1. The number of aryl methyl sites for hydroxylation is 1. The van der Waals surface area contributed by atoms with Crippen molar-refractivity contribution in [3.05, 3.63) is 18.0 Å². The minimum Gasteiger partial charge on any atom is -0.348 e. The lowest BCUT2D eigenvalue weighted by atomic mass is 10.0. The number of hydrogen-bond acceptors (Lipinski definition) is 4. The highest BCUT2D eigenvalue weighted by atomic mass is 16.2. The fraction of sp³-hybridized carbons (Fsp3) is 0.733. The maximum Gasteiger partial charge on any atom is 0.236 e. The Labute approximate surface area is 127 Å². The Bertz CT molecular complexity index is 449. The summed E-state index contributed by atoms with van der Waals surface area (Å²) in [6.07, 6.45) is 5.18. The summed E-state index contributed by atoms with van der Waals surface area (Å²) in [6.45, 7) is 3.52. The quantitative estimate of drug-likeness (QED) is 0.808. The molecule has 0 radical (unpaired) electrons. The van der Waals surface area contributed by atoms with Crippen LogP contribution in [0.2, 0.25) is 0 Å². The van der Waals surface area contributed by atoms with Gasteiger partial charge in [-0.3, -0.25) is 14.4 Å². The van der Waals surface area contributed by atoms with Gasteiger partial charge in [0.25, 0.3) is 0 Å². The number of likely N-dealkylation sites (N-methyl/N-ethyl adjacent to an activating group) is 1. The van der Waals surface area contributed by atoms with E-state index in [0.29, 0.717) is 12.6 Å². The third kappa shape index (κ3) is 5.13. The van der Waals surface area contributed by atoms with Crippen molar-refractivity contribution in [3.63, 3.8) is 0 Å². The van der Waals surface area contributed by atoms with Crippen LogP contribution in [-0.2, 0) is 18.3 Å². The lowest BCUT2D eigenvalue weighted by Crippen LogP contribution is -2.46. The molecule has 1 aliphatic heterocycles. The molecule has 1 saturated heterocycles. The van der Waals surface area contributed by atoms with Gasteiger partial charge in [0.15, 0.2) is 0 Å². The SMILES string of the molecule is CN(C)C(=O)CN1CCC(NCCc2ccn(C)n2)CC1. The number of carbonyl (C=O) groups excluding carboxylic acids is 1. The van der Waals surface area contributed by atoms with E-state index in [4.69, 9.17) is 0 Å². The van der Waals surface area contributed by atoms with Gasteiger partial charge < -0.3 is 10.2 Å². The number of rotatable bonds is 6. The number of likely N-dealkylation sites (tertiary alicyclic amines) is 1. The predicted octanol–water partition coefficient (Wildman–Crippen LogP) is 0.105. The van der Waals surface area contributed by atoms with Gasteiger partial charge in [-0.2, -0.15) is 5.10 Å². The molecule has 118 valence electrons. The number of nitrogens with zero attached hydrogens (tertiary/aromatic N) is 4. The van der Waals surface area contributed by atoms with Crippen molar-refractivity contribution in [2.75, 3.05) is 40.3 Å². The van der Waals surface area contributed by atoms with Crippen LogP contribution in [0.1, 0.15) is 18.5 Å². The van der Waals surface area contributed by atoms with Gasteiger partial charge in [0.1, 0.15) is 0 Å². The smallest absolute Gasteiger partial charge is 0.236 e. The van der Waals surface area contributed by atoms with Gasteiger partial charge in [-0.05, 0) is 18.9 Å². The summed E-state index contributed by atoms with van der Waals surface area (Å²) < 4.78 is 1.84. The summed E-state index contributed by atoms with van der Waals surface area (Å²) in [5.41, 5.74) is 1.14. The molecule has 1 aliphatic rings. The van der Waals surface area contributed by atoms with Gasteiger partial charge in [0.05, 0.1) is 12.2 Å². The Balaban J connectivity index is 1.62. The highest BCUT2D eigenvalue weighted by Gasteiger charge is 2.20. The van der Waals surface area contributed by atoms with Crippen LogP contribution in [0, 0.1) is 0 Å². The maximum atomic E-state index is 11.7. The van der Waals surface area contributed by atoms with Crippen molar-refractivity contribution in [3.8, 4) is 0 Å². The predicted molar refractivity (Wildman–Crippen MR) is 83.1 cm³/mol. The number of amides is 1. The van der Waals surface area contributed by atoms with E-state index in [0.717, 1.165) is 44.6 Å². The van der Waals surface area contributed by atoms with Gasteiger partial charge in [-0.1, -0.05) is 0 Å². The second kappa shape index (κ2) is 7.56. The molecular formula is C15H27N5O. The summed E-state index contributed by atoms with van der Waals surface area (Å²) in [7, 11) is 5.57. The van der Waals surface area contributed by atoms with Crippen molar-refractivity contribution in [2.24, 2.45) is 7.05 Å². The monoisotopic (exact) mass is 293 g/mol. The molecule has 0 unspecified atom stereocenters. The fourth-order valence-electron chi connectivity index (χ4n) is 2.63. The van der Waals surface area contributed by atoms with E-state index < -0.39 is 0 Å². The summed E-state index contributed by atoms with van der Waals surface area (Å²) in [6, 6.07) is 2.64. The molecule has 1 amide bonds. The first-order valence-corrected chi connectivity index (χ1v) is 7.69. The summed E-state index contributed by atoms with van der Waals surface area (Å²) in [4.78, 5) is 15.6. The standard InChI is InChI=1S/C15H27N5O/c1-18(2)15(21)12-20-10-6-13(7-11-20)16-8-4-14-5-9-19(3)17-14/h5,9,13,16H,4,6-8,10-12H2,1-3H3. The number of carbonyl (C=O) groups is 1. The minimum atomic E-state index is 0.191. The first kappa shape index (κ1) is 16.0. The number of nitrogens with one attached hydrogen (secondary N) is 1. The van der Waals surface area contributed by atoms with E-state index in [9.17, 15) is 4.79 Å². The summed E-state index contributed by atoms with van der Waals surface area (Å²) >= 11 is 0. The molecular weight excluding hydrogens is 266 g/mol. The van der Waals surface area contributed by atoms with Gasteiger partial charge in [0, 0.05) is 59.4 Å². The number of hydrogen-bond donors (Lipinski definition) is 1. The molecule has 1 N–H and O–H groups in total. The zero-order valence-corrected chi connectivity index (χ0v) is 13.4. The lowest BCUT2D eigenvalue weighted by Gasteiger charge is -2.32. The molecule has 1 aromatic rings. The first-order chi connectivity index (χ1) is 10.0. The molecule has 2 heterocycles. The first-order valence-electron chi connectivity index (χ1n) is 7.69. The number of piperidine rings is 1. The van der Waals surface area contributed by atoms with Crippen LogP contribution in [0.15, 0.2) is 12.3 Å². The molecule has 0 saturated carbocycles. The average molecular weight is 293 g/mol. The second-order valence-corrected chi connectivity index (χ2v) is 6.02. The largest absolute Gasteiger partial charge is 0.348 e. The van der Waals surface area contributed by atoms with E-state index in [2.05, 4.69) is 21.4 Å². The molecule has 21 heavy (non-hydrogen) atoms. The molecule has 0 aliphatic carbocycles. The molecule has 0 spiro atoms. The molecule has 0 aromatic carbocycles. The Morgan fingerprint density at radius 3 is 2.71 bits per heavy atom. The topological polar surface area (TPSA) is 53.4 Å². The minimum absolute atomic E-state index is 0.191. The van der Waals surface area contributed by atoms with E-state index in [-0.39, 0.29) is 5.91 Å². The third-order valence-electron chi connectivity index (χ3n) is 4.03. The Hall–Kier alpha value is -1.40. The average Bonchev–Trinajstić information content (AvgIpc) is 2.86. The van der Waals surface area contributed by atoms with E-state index in [1.54, 1.807) is 4.90 Å². The molecule has 0 bridgehead atoms. The van der Waals surface area contributed by atoms with Gasteiger partial charge in [-0.15, -0.1) is 0 Å². The zero-order valence-electron chi connectivity index (χ0n) is 13.4. The summed E-state index contributed by atoms with van der Waals surface area (Å²) in [5.74, 6) is 0.191. The van der Waals surface area contributed by atoms with Crippen molar-refractivity contribution < 1.29 is 4.79 Å². The third-order valence-corrected chi connectivity index (χ3v) is 4.03. The van der Waals surface area contributed by atoms with E-state index in [1.807, 2.05) is 32.0 Å². The maximum absolute atomic E-state index is 11.7. The molecule has 6 heteroatoms. The number of aromatic nitrogens is 2. The molecule has 1 fully saturated rings. The van der Waals surface area contributed by atoms with Crippen molar-refractivity contribution >= 4 is 5.91 Å². The Morgan fingerprint density at radius 2 is 2.14 bits per heavy atom. The van der Waals surface area contributed by atoms with Crippen molar-refractivity contribution in [2.45, 2.75) is 25.3 Å². The molecule has 2 rings (SSSR count). The van der Waals surface area contributed by atoms with Crippen LogP contribution < -0.4 is 5.32 Å². The Morgan fingerprint density at radius 1 is 1.43 bits per heavy atom. The van der Waals surface area contributed by atoms with Gasteiger partial charge in [0.2, 0.25) is 5.91 Å². The van der Waals surface area contributed by atoms with Crippen molar-refractivity contribution in [1.29, 1.82) is 0 Å². The van der Waals surface area contributed by atoms with Crippen molar-refractivity contribution in [1.82, 2.24) is 24.9 Å². The van der Waals surface area contributed by atoms with Crippen LogP contribution in [0.3, 0.4) is 0 Å². The van der Waals surface area contributed by atoms with Crippen LogP contribution in [0.5, 0.6) is 0 Å². The highest BCUT2D eigenvalue weighted by Crippen LogP contribution is 2.10.